The topological polar surface area (TPSA) is 108 Å². The maximum Gasteiger partial charge on any atom is 0.317 e. The van der Waals surface area contributed by atoms with Crippen molar-refractivity contribution < 1.29 is 13.2 Å². The van der Waals surface area contributed by atoms with E-state index in [4.69, 9.17) is 0 Å². The van der Waals surface area contributed by atoms with E-state index < -0.39 is 10.0 Å². The molecule has 2 aliphatic rings. The van der Waals surface area contributed by atoms with Gasteiger partial charge >= 0.3 is 6.03 Å². The van der Waals surface area contributed by atoms with Gasteiger partial charge in [0.05, 0.1) is 16.3 Å². The number of hydrogen-bond acceptors (Lipinski definition) is 7. The molecule has 1 aromatic carbocycles. The highest BCUT2D eigenvalue weighted by molar-refractivity contribution is 9.10. The molecule has 178 valence electrons. The molecule has 2 aliphatic heterocycles. The molecular weight excluding hydrogens is 540 g/mol. The summed E-state index contributed by atoms with van der Waals surface area (Å²) in [5.41, 5.74) is 2.41. The molecule has 0 saturated carbocycles. The summed E-state index contributed by atoms with van der Waals surface area (Å²) in [6, 6.07) is 10.8. The molecule has 0 aliphatic carbocycles. The van der Waals surface area contributed by atoms with Crippen LogP contribution in [0.3, 0.4) is 0 Å². The highest BCUT2D eigenvalue weighted by atomic mass is 79.9. The van der Waals surface area contributed by atoms with Gasteiger partial charge in [-0.3, -0.25) is 4.31 Å². The highest BCUT2D eigenvalue weighted by Crippen LogP contribution is 2.37. The lowest BCUT2D eigenvalue weighted by Gasteiger charge is -2.30. The van der Waals surface area contributed by atoms with Gasteiger partial charge in [-0.05, 0) is 54.8 Å². The molecule has 5 rings (SSSR count). The number of benzene rings is 1. The lowest BCUT2D eigenvalue weighted by atomic mass is 10.0. The molecule has 2 N–H and O–H groups in total. The van der Waals surface area contributed by atoms with Crippen LogP contribution in [0.15, 0.2) is 51.3 Å². The lowest BCUT2D eigenvalue weighted by Crippen LogP contribution is -2.35. The van der Waals surface area contributed by atoms with Crippen molar-refractivity contribution in [2.75, 3.05) is 42.3 Å². The first kappa shape index (κ1) is 23.1. The summed E-state index contributed by atoms with van der Waals surface area (Å²) in [5.74, 6) is 0.436. The summed E-state index contributed by atoms with van der Waals surface area (Å²) in [7, 11) is -3.68. The molecule has 9 nitrogen and oxygen atoms in total. The minimum absolute atomic E-state index is 0.0623. The Morgan fingerprint density at radius 3 is 2.88 bits per heavy atom. The zero-order valence-electron chi connectivity index (χ0n) is 18.2. The number of carbonyl (C=O) groups is 1. The fourth-order valence-corrected chi connectivity index (χ4v) is 7.43. The number of nitrogens with one attached hydrogen (secondary N) is 2. The molecule has 0 unspecified atom stereocenters. The van der Waals surface area contributed by atoms with E-state index in [0.29, 0.717) is 44.4 Å². The van der Waals surface area contributed by atoms with Gasteiger partial charge in [0.1, 0.15) is 4.21 Å². The second kappa shape index (κ2) is 9.51. The van der Waals surface area contributed by atoms with Crippen LogP contribution < -0.4 is 14.9 Å². The van der Waals surface area contributed by atoms with Gasteiger partial charge in [0.2, 0.25) is 5.95 Å². The van der Waals surface area contributed by atoms with E-state index in [2.05, 4.69) is 36.5 Å². The van der Waals surface area contributed by atoms with E-state index >= 15 is 0 Å². The summed E-state index contributed by atoms with van der Waals surface area (Å²) in [5, 5.41) is 5.91. The van der Waals surface area contributed by atoms with Gasteiger partial charge in [0.25, 0.3) is 10.0 Å². The normalized spacial score (nSPS) is 15.9. The molecule has 0 atom stereocenters. The average molecular weight is 564 g/mol. The molecule has 0 spiro atoms. The SMILES string of the molecule is O=C1NCCN1CCNc1nccc(-c2ccc(S(=O)(=O)N3CCCc4cc(Br)ccc43)s2)n1. The van der Waals surface area contributed by atoms with Crippen LogP contribution in [-0.4, -0.2) is 62.0 Å². The first-order valence-electron chi connectivity index (χ1n) is 10.9. The zero-order valence-corrected chi connectivity index (χ0v) is 21.4. The Labute approximate surface area is 210 Å². The van der Waals surface area contributed by atoms with E-state index in [0.717, 1.165) is 33.4 Å². The third-order valence-corrected chi connectivity index (χ3v) is 9.64. The van der Waals surface area contributed by atoms with Gasteiger partial charge in [-0.2, -0.15) is 0 Å². The Kier molecular flexibility index (Phi) is 6.45. The van der Waals surface area contributed by atoms with Crippen molar-refractivity contribution in [3.05, 3.63) is 52.6 Å². The molecule has 4 heterocycles. The quantitative estimate of drug-likeness (QED) is 0.456. The number of hydrogen-bond donors (Lipinski definition) is 2. The number of thiophene rings is 1. The smallest absolute Gasteiger partial charge is 0.317 e. The maximum absolute atomic E-state index is 13.5. The van der Waals surface area contributed by atoms with Gasteiger partial charge in [0, 0.05) is 43.4 Å². The number of fused-ring (bicyclic) bond motifs is 1. The predicted octanol–water partition coefficient (Wildman–Crippen LogP) is 3.55. The van der Waals surface area contributed by atoms with Crippen LogP contribution in [-0.2, 0) is 16.4 Å². The van der Waals surface area contributed by atoms with Crippen molar-refractivity contribution in [3.8, 4) is 10.6 Å². The fourth-order valence-electron chi connectivity index (χ4n) is 4.09. The van der Waals surface area contributed by atoms with Gasteiger partial charge in [0.15, 0.2) is 0 Å². The number of amides is 2. The molecule has 0 bridgehead atoms. The Hall–Kier alpha value is -2.70. The van der Waals surface area contributed by atoms with Crippen LogP contribution in [0.4, 0.5) is 16.4 Å². The van der Waals surface area contributed by atoms with Crippen LogP contribution >= 0.6 is 27.3 Å². The first-order valence-corrected chi connectivity index (χ1v) is 14.0. The minimum atomic E-state index is -3.68. The molecular formula is C22H23BrN6O3S2. The van der Waals surface area contributed by atoms with Crippen LogP contribution in [0.2, 0.25) is 0 Å². The average Bonchev–Trinajstić information content (AvgIpc) is 3.49. The Balaban J connectivity index is 1.32. The van der Waals surface area contributed by atoms with Crippen LogP contribution in [0.25, 0.3) is 10.6 Å². The number of urea groups is 1. The Bertz CT molecular complexity index is 1330. The van der Waals surface area contributed by atoms with Crippen LogP contribution in [0.1, 0.15) is 12.0 Å². The fraction of sp³-hybridized carbons (Fsp3) is 0.318. The van der Waals surface area contributed by atoms with Gasteiger partial charge < -0.3 is 15.5 Å². The Morgan fingerprint density at radius 2 is 2.06 bits per heavy atom. The molecule has 12 heteroatoms. The van der Waals surface area contributed by atoms with E-state index in [1.165, 1.54) is 15.6 Å². The number of rotatable bonds is 7. The lowest BCUT2D eigenvalue weighted by molar-refractivity contribution is 0.219. The van der Waals surface area contributed by atoms with Crippen LogP contribution in [0, 0.1) is 0 Å². The number of nitrogens with zero attached hydrogens (tertiary/aromatic N) is 4. The predicted molar refractivity (Wildman–Crippen MR) is 136 cm³/mol. The largest absolute Gasteiger partial charge is 0.352 e. The van der Waals surface area contributed by atoms with E-state index in [1.807, 2.05) is 18.2 Å². The second-order valence-corrected chi connectivity index (χ2v) is 12.1. The van der Waals surface area contributed by atoms with E-state index in [9.17, 15) is 13.2 Å². The zero-order chi connectivity index (χ0) is 23.7. The van der Waals surface area contributed by atoms with Crippen molar-refractivity contribution >= 4 is 55.0 Å². The monoisotopic (exact) mass is 562 g/mol. The number of aryl methyl sites for hydroxylation is 1. The van der Waals surface area contributed by atoms with Crippen molar-refractivity contribution in [2.24, 2.45) is 0 Å². The van der Waals surface area contributed by atoms with E-state index in [-0.39, 0.29) is 10.2 Å². The molecule has 2 amide bonds. The summed E-state index contributed by atoms with van der Waals surface area (Å²) < 4.78 is 29.7. The summed E-state index contributed by atoms with van der Waals surface area (Å²) in [6.07, 6.45) is 3.27. The number of aromatic nitrogens is 2. The standard InChI is InChI=1S/C22H23BrN6O3S2/c23-16-3-4-18-15(14-16)2-1-11-29(18)34(31,32)20-6-5-19(33-20)17-7-8-24-21(27-17)25-9-12-28-13-10-26-22(28)30/h3-8,14H,1-2,9-13H2,(H,26,30)(H,24,25,27). The minimum Gasteiger partial charge on any atom is -0.352 e. The highest BCUT2D eigenvalue weighted by Gasteiger charge is 2.30. The molecule has 1 fully saturated rings. The van der Waals surface area contributed by atoms with Crippen molar-refractivity contribution in [3.63, 3.8) is 0 Å². The first-order chi connectivity index (χ1) is 16.4. The Morgan fingerprint density at radius 1 is 1.18 bits per heavy atom. The number of carbonyl (C=O) groups excluding carboxylic acids is 1. The summed E-state index contributed by atoms with van der Waals surface area (Å²) >= 11 is 4.67. The maximum atomic E-state index is 13.5. The van der Waals surface area contributed by atoms with Crippen molar-refractivity contribution in [2.45, 2.75) is 17.1 Å². The van der Waals surface area contributed by atoms with Gasteiger partial charge in [-0.25, -0.2) is 23.2 Å². The van der Waals surface area contributed by atoms with Crippen LogP contribution in [0.5, 0.6) is 0 Å². The second-order valence-electron chi connectivity index (χ2n) is 7.98. The van der Waals surface area contributed by atoms with E-state index in [1.54, 1.807) is 29.3 Å². The molecule has 3 aromatic rings. The van der Waals surface area contributed by atoms with Crippen molar-refractivity contribution in [1.82, 2.24) is 20.2 Å². The number of sulfonamides is 1. The summed E-state index contributed by atoms with van der Waals surface area (Å²) in [6.45, 7) is 2.88. The molecule has 34 heavy (non-hydrogen) atoms. The third-order valence-electron chi connectivity index (χ3n) is 5.76. The number of anilines is 2. The summed E-state index contributed by atoms with van der Waals surface area (Å²) in [4.78, 5) is 22.9. The van der Waals surface area contributed by atoms with Gasteiger partial charge in [-0.15, -0.1) is 11.3 Å². The number of halogens is 1. The third kappa shape index (κ3) is 4.62. The molecule has 0 radical (unpaired) electrons. The molecule has 2 aromatic heterocycles. The van der Waals surface area contributed by atoms with Gasteiger partial charge in [-0.1, -0.05) is 15.9 Å². The van der Waals surface area contributed by atoms with Crippen molar-refractivity contribution in [1.29, 1.82) is 0 Å². The molecule has 1 saturated heterocycles.